The molecular formula is C17H31N3O3. The summed E-state index contributed by atoms with van der Waals surface area (Å²) in [5, 5.41) is 9.10. The molecule has 0 amide bonds. The van der Waals surface area contributed by atoms with Gasteiger partial charge >= 0.3 is 0 Å². The molecule has 0 aromatic heterocycles. The molecule has 0 fully saturated rings. The van der Waals surface area contributed by atoms with Crippen LogP contribution in [-0.4, -0.2) is 76.0 Å². The van der Waals surface area contributed by atoms with Gasteiger partial charge in [0.1, 0.15) is 0 Å². The van der Waals surface area contributed by atoms with Crippen LogP contribution in [-0.2, 0) is 0 Å². The van der Waals surface area contributed by atoms with Crippen LogP contribution in [0.2, 0.25) is 0 Å². The fourth-order valence-electron chi connectivity index (χ4n) is 2.46. The summed E-state index contributed by atoms with van der Waals surface area (Å²) in [5.74, 6) is 1.46. The number of aliphatic hydroxyl groups excluding tert-OH is 1. The van der Waals surface area contributed by atoms with Crippen LogP contribution in [0.15, 0.2) is 18.2 Å². The highest BCUT2D eigenvalue weighted by atomic mass is 16.5. The lowest BCUT2D eigenvalue weighted by Crippen LogP contribution is -2.32. The first kappa shape index (κ1) is 19.7. The van der Waals surface area contributed by atoms with E-state index in [1.54, 1.807) is 7.11 Å². The molecule has 0 heterocycles. The van der Waals surface area contributed by atoms with Gasteiger partial charge in [-0.15, -0.1) is 0 Å². The van der Waals surface area contributed by atoms with Crippen LogP contribution in [0.25, 0.3) is 0 Å². The highest BCUT2D eigenvalue weighted by Gasteiger charge is 2.17. The van der Waals surface area contributed by atoms with E-state index in [1.807, 2.05) is 44.2 Å². The molecule has 1 aromatic carbocycles. The molecule has 3 N–H and O–H groups in total. The molecule has 0 saturated heterocycles. The van der Waals surface area contributed by atoms with Gasteiger partial charge in [0.25, 0.3) is 0 Å². The van der Waals surface area contributed by atoms with Crippen LogP contribution in [0.4, 0.5) is 0 Å². The van der Waals surface area contributed by atoms with Crippen LogP contribution in [0.3, 0.4) is 0 Å². The number of benzene rings is 1. The minimum absolute atomic E-state index is 0.0406. The molecule has 0 aliphatic carbocycles. The molecule has 1 unspecified atom stereocenters. The summed E-state index contributed by atoms with van der Waals surface area (Å²) in [6, 6.07) is 5.94. The van der Waals surface area contributed by atoms with Crippen molar-refractivity contribution in [1.29, 1.82) is 0 Å². The SMILES string of the molecule is COc1cc(C(CN)N(C)CCO)ccc1OCCCN(C)C. The lowest BCUT2D eigenvalue weighted by molar-refractivity contribution is 0.183. The van der Waals surface area contributed by atoms with Crippen molar-refractivity contribution >= 4 is 0 Å². The fourth-order valence-corrected chi connectivity index (χ4v) is 2.46. The number of ether oxygens (including phenoxy) is 2. The van der Waals surface area contributed by atoms with Crippen molar-refractivity contribution in [3.05, 3.63) is 23.8 Å². The summed E-state index contributed by atoms with van der Waals surface area (Å²) in [4.78, 5) is 4.17. The molecule has 1 rings (SSSR count). The van der Waals surface area contributed by atoms with Crippen molar-refractivity contribution < 1.29 is 14.6 Å². The van der Waals surface area contributed by atoms with Gasteiger partial charge in [0.05, 0.1) is 20.3 Å². The molecule has 6 heteroatoms. The Morgan fingerprint density at radius 1 is 1.17 bits per heavy atom. The highest BCUT2D eigenvalue weighted by molar-refractivity contribution is 5.44. The van der Waals surface area contributed by atoms with Crippen LogP contribution < -0.4 is 15.2 Å². The number of aliphatic hydroxyl groups is 1. The quantitative estimate of drug-likeness (QED) is 0.590. The summed E-state index contributed by atoms with van der Waals surface area (Å²) in [6.45, 7) is 2.80. The Balaban J connectivity index is 2.77. The minimum Gasteiger partial charge on any atom is -0.493 e. The molecule has 0 spiro atoms. The third-order valence-corrected chi connectivity index (χ3v) is 3.79. The summed E-state index contributed by atoms with van der Waals surface area (Å²) in [5.41, 5.74) is 6.95. The molecule has 6 nitrogen and oxygen atoms in total. The van der Waals surface area contributed by atoms with Gasteiger partial charge in [0, 0.05) is 25.7 Å². The average Bonchev–Trinajstić information content (AvgIpc) is 2.53. The Kier molecular flexibility index (Phi) is 8.94. The zero-order valence-electron chi connectivity index (χ0n) is 14.8. The average molecular weight is 325 g/mol. The maximum atomic E-state index is 9.10. The van der Waals surface area contributed by atoms with E-state index in [0.717, 1.165) is 24.3 Å². The summed E-state index contributed by atoms with van der Waals surface area (Å²) in [7, 11) is 7.68. The van der Waals surface area contributed by atoms with E-state index in [2.05, 4.69) is 4.90 Å². The normalized spacial score (nSPS) is 12.7. The maximum Gasteiger partial charge on any atom is 0.161 e. The van der Waals surface area contributed by atoms with Crippen molar-refractivity contribution in [3.63, 3.8) is 0 Å². The molecule has 0 aliphatic rings. The van der Waals surface area contributed by atoms with Gasteiger partial charge in [-0.25, -0.2) is 0 Å². The molecule has 23 heavy (non-hydrogen) atoms. The van der Waals surface area contributed by atoms with Crippen molar-refractivity contribution in [2.75, 3.05) is 61.1 Å². The van der Waals surface area contributed by atoms with E-state index >= 15 is 0 Å². The Bertz CT molecular complexity index is 455. The number of methoxy groups -OCH3 is 1. The predicted octanol–water partition coefficient (Wildman–Crippen LogP) is 0.950. The van der Waals surface area contributed by atoms with E-state index in [0.29, 0.717) is 25.4 Å². The first-order valence-corrected chi connectivity index (χ1v) is 8.00. The summed E-state index contributed by atoms with van der Waals surface area (Å²) >= 11 is 0. The summed E-state index contributed by atoms with van der Waals surface area (Å²) in [6.07, 6.45) is 0.961. The molecule has 0 bridgehead atoms. The second-order valence-electron chi connectivity index (χ2n) is 5.87. The molecular weight excluding hydrogens is 294 g/mol. The molecule has 132 valence electrons. The van der Waals surface area contributed by atoms with Gasteiger partial charge in [-0.1, -0.05) is 6.07 Å². The Morgan fingerprint density at radius 3 is 2.48 bits per heavy atom. The lowest BCUT2D eigenvalue weighted by Gasteiger charge is -2.27. The maximum absolute atomic E-state index is 9.10. The Hall–Kier alpha value is -1.34. The van der Waals surface area contributed by atoms with Gasteiger partial charge in [-0.3, -0.25) is 4.90 Å². The second-order valence-corrected chi connectivity index (χ2v) is 5.87. The Labute approximate surface area is 139 Å². The number of rotatable bonds is 11. The number of nitrogens with zero attached hydrogens (tertiary/aromatic N) is 2. The van der Waals surface area contributed by atoms with Crippen molar-refractivity contribution in [3.8, 4) is 11.5 Å². The lowest BCUT2D eigenvalue weighted by atomic mass is 10.0. The minimum atomic E-state index is 0.0406. The van der Waals surface area contributed by atoms with E-state index < -0.39 is 0 Å². The number of likely N-dealkylation sites (N-methyl/N-ethyl adjacent to an activating group) is 1. The topological polar surface area (TPSA) is 71.2 Å². The van der Waals surface area contributed by atoms with Crippen molar-refractivity contribution in [2.24, 2.45) is 5.73 Å². The van der Waals surface area contributed by atoms with Crippen LogP contribution in [0.1, 0.15) is 18.0 Å². The summed E-state index contributed by atoms with van der Waals surface area (Å²) < 4.78 is 11.3. The molecule has 1 aromatic rings. The van der Waals surface area contributed by atoms with Gasteiger partial charge in [-0.2, -0.15) is 0 Å². The predicted molar refractivity (Wildman–Crippen MR) is 93.2 cm³/mol. The van der Waals surface area contributed by atoms with Crippen LogP contribution in [0.5, 0.6) is 11.5 Å². The zero-order chi connectivity index (χ0) is 17.2. The highest BCUT2D eigenvalue weighted by Crippen LogP contribution is 2.31. The van der Waals surface area contributed by atoms with Crippen molar-refractivity contribution in [2.45, 2.75) is 12.5 Å². The zero-order valence-corrected chi connectivity index (χ0v) is 14.8. The number of nitrogens with two attached hydrogens (primary N) is 1. The Morgan fingerprint density at radius 2 is 1.91 bits per heavy atom. The molecule has 1 atom stereocenters. The van der Waals surface area contributed by atoms with Gasteiger partial charge in [0.2, 0.25) is 0 Å². The first-order chi connectivity index (χ1) is 11.0. The van der Waals surface area contributed by atoms with E-state index in [-0.39, 0.29) is 12.6 Å². The molecule has 0 aliphatic heterocycles. The molecule has 0 saturated carbocycles. The third kappa shape index (κ3) is 6.35. The van der Waals surface area contributed by atoms with Crippen LogP contribution >= 0.6 is 0 Å². The second kappa shape index (κ2) is 10.4. The third-order valence-electron chi connectivity index (χ3n) is 3.79. The van der Waals surface area contributed by atoms with E-state index in [1.165, 1.54) is 0 Å². The largest absolute Gasteiger partial charge is 0.493 e. The standard InChI is InChI=1S/C17H31N3O3/c1-19(2)8-5-11-23-16-7-6-14(12-17(16)22-4)15(13-18)20(3)9-10-21/h6-7,12,15,21H,5,8-11,13,18H2,1-4H3. The number of hydrogen-bond acceptors (Lipinski definition) is 6. The monoisotopic (exact) mass is 325 g/mol. The van der Waals surface area contributed by atoms with E-state index in [4.69, 9.17) is 20.3 Å². The van der Waals surface area contributed by atoms with Gasteiger partial charge < -0.3 is 25.2 Å². The number of hydrogen-bond donors (Lipinski definition) is 2. The first-order valence-electron chi connectivity index (χ1n) is 8.00. The van der Waals surface area contributed by atoms with Crippen molar-refractivity contribution in [1.82, 2.24) is 9.80 Å². The van der Waals surface area contributed by atoms with Gasteiger partial charge in [-0.05, 0) is 45.3 Å². The van der Waals surface area contributed by atoms with Crippen LogP contribution in [0, 0.1) is 0 Å². The smallest absolute Gasteiger partial charge is 0.161 e. The van der Waals surface area contributed by atoms with Gasteiger partial charge in [0.15, 0.2) is 11.5 Å². The van der Waals surface area contributed by atoms with E-state index in [9.17, 15) is 0 Å². The fraction of sp³-hybridized carbons (Fsp3) is 0.647. The molecule has 0 radical (unpaired) electrons.